The van der Waals surface area contributed by atoms with Crippen molar-refractivity contribution in [1.82, 2.24) is 9.78 Å². The quantitative estimate of drug-likeness (QED) is 0.866. The molecule has 1 N–H and O–H groups in total. The summed E-state index contributed by atoms with van der Waals surface area (Å²) in [5.74, 6) is 0.0607. The van der Waals surface area contributed by atoms with E-state index in [2.05, 4.69) is 12.0 Å². The molecule has 0 spiro atoms. The van der Waals surface area contributed by atoms with Gasteiger partial charge < -0.3 is 9.90 Å². The molecule has 1 aromatic heterocycles. The normalized spacial score (nSPS) is 22.9. The number of nitrogens with one attached hydrogen (secondary N) is 1. The van der Waals surface area contributed by atoms with E-state index in [1.165, 1.54) is 48.1 Å². The van der Waals surface area contributed by atoms with Gasteiger partial charge in [0.05, 0.1) is 12.5 Å². The summed E-state index contributed by atoms with van der Waals surface area (Å²) in [6.07, 6.45) is 8.61. The third kappa shape index (κ3) is 3.91. The van der Waals surface area contributed by atoms with E-state index in [-0.39, 0.29) is 11.3 Å². The Bertz CT molecular complexity index is 501. The number of carboxylic acid groups (broad SMARTS) is 1. The largest absolute Gasteiger partial charge is 0.548 e. The number of carboxylic acids is 1. The molecule has 1 aromatic rings. The lowest BCUT2D eigenvalue weighted by Gasteiger charge is -2.27. The van der Waals surface area contributed by atoms with Crippen LogP contribution in [0.5, 0.6) is 0 Å². The van der Waals surface area contributed by atoms with Crippen molar-refractivity contribution in [3.8, 4) is 0 Å². The predicted molar refractivity (Wildman–Crippen MR) is 75.2 cm³/mol. The predicted octanol–water partition coefficient (Wildman–Crippen LogP) is 1.64. The molecule has 0 aromatic carbocycles. The molecule has 1 fully saturated rings. The molecule has 5 nitrogen and oxygen atoms in total. The lowest BCUT2D eigenvalue weighted by Crippen LogP contribution is -2.31. The molecule has 1 aliphatic rings. The van der Waals surface area contributed by atoms with Crippen LogP contribution in [0.15, 0.2) is 0 Å². The first-order chi connectivity index (χ1) is 9.60. The number of nitrogens with zero attached hydrogens (tertiary/aromatic N) is 2. The molecular weight excluding hydrogens is 274 g/mol. The van der Waals surface area contributed by atoms with Crippen molar-refractivity contribution in [2.24, 2.45) is 5.92 Å². The molecular formula is C14H22N3O2S-. The minimum atomic E-state index is -1.19. The standard InChI is InChI=1S/C14H23N3O2S/c1-2-3-4-10-5-7-11(8-6-10)13-16-17(9-12(18)19)14(15)20-13/h10-11,15H,2-9H2,1H3,(H,18,19)/p-1. The Kier molecular flexibility index (Phi) is 5.34. The molecule has 112 valence electrons. The molecule has 2 rings (SSSR count). The van der Waals surface area contributed by atoms with Gasteiger partial charge in [-0.1, -0.05) is 37.5 Å². The molecule has 0 unspecified atom stereocenters. The van der Waals surface area contributed by atoms with Gasteiger partial charge in [-0.15, -0.1) is 0 Å². The summed E-state index contributed by atoms with van der Waals surface area (Å²) in [6.45, 7) is 1.91. The maximum Gasteiger partial charge on any atom is 0.200 e. The van der Waals surface area contributed by atoms with E-state index in [4.69, 9.17) is 5.41 Å². The van der Waals surface area contributed by atoms with Gasteiger partial charge in [0.25, 0.3) is 0 Å². The first-order valence-corrected chi connectivity index (χ1v) is 8.24. The van der Waals surface area contributed by atoms with Gasteiger partial charge in [0.1, 0.15) is 5.01 Å². The summed E-state index contributed by atoms with van der Waals surface area (Å²) in [4.78, 5) is 10.8. The maximum atomic E-state index is 10.6. The SMILES string of the molecule is CCCCC1CCC(c2nn(CC(=O)[O-])c(=N)s2)CC1. The van der Waals surface area contributed by atoms with Crippen molar-refractivity contribution >= 4 is 17.3 Å². The highest BCUT2D eigenvalue weighted by Crippen LogP contribution is 2.37. The van der Waals surface area contributed by atoms with Crippen LogP contribution >= 0.6 is 11.3 Å². The number of hydrogen-bond acceptors (Lipinski definition) is 5. The number of aliphatic carboxylic acids is 1. The number of hydrogen-bond donors (Lipinski definition) is 1. The van der Waals surface area contributed by atoms with Gasteiger partial charge in [-0.3, -0.25) is 5.41 Å². The summed E-state index contributed by atoms with van der Waals surface area (Å²) < 4.78 is 1.23. The third-order valence-electron chi connectivity index (χ3n) is 4.10. The van der Waals surface area contributed by atoms with Gasteiger partial charge in [0.15, 0.2) is 0 Å². The highest BCUT2D eigenvalue weighted by Gasteiger charge is 2.24. The maximum absolute atomic E-state index is 10.6. The van der Waals surface area contributed by atoms with Gasteiger partial charge in [0, 0.05) is 5.92 Å². The van der Waals surface area contributed by atoms with Crippen LogP contribution in [-0.4, -0.2) is 15.7 Å². The molecule has 0 atom stereocenters. The van der Waals surface area contributed by atoms with E-state index in [1.54, 1.807) is 0 Å². The van der Waals surface area contributed by atoms with Gasteiger partial charge in [-0.25, -0.2) is 4.68 Å². The zero-order chi connectivity index (χ0) is 14.5. The van der Waals surface area contributed by atoms with Crippen molar-refractivity contribution in [3.05, 3.63) is 9.81 Å². The van der Waals surface area contributed by atoms with Crippen molar-refractivity contribution in [1.29, 1.82) is 5.41 Å². The second-order valence-corrected chi connectivity index (χ2v) is 6.64. The van der Waals surface area contributed by atoms with Crippen molar-refractivity contribution in [2.75, 3.05) is 0 Å². The van der Waals surface area contributed by atoms with Crippen LogP contribution in [-0.2, 0) is 11.3 Å². The van der Waals surface area contributed by atoms with Crippen LogP contribution in [0.1, 0.15) is 62.8 Å². The smallest absolute Gasteiger partial charge is 0.200 e. The average Bonchev–Trinajstić information content (AvgIpc) is 2.78. The minimum absolute atomic E-state index is 0.206. The van der Waals surface area contributed by atoms with Crippen LogP contribution in [0.25, 0.3) is 0 Å². The number of rotatable bonds is 6. The summed E-state index contributed by atoms with van der Waals surface area (Å²) in [7, 11) is 0. The van der Waals surface area contributed by atoms with Gasteiger partial charge in [-0.05, 0) is 31.6 Å². The summed E-state index contributed by atoms with van der Waals surface area (Å²) in [5.41, 5.74) is 0. The Balaban J connectivity index is 1.93. The van der Waals surface area contributed by atoms with E-state index in [0.717, 1.165) is 23.8 Å². The van der Waals surface area contributed by atoms with Crippen LogP contribution in [0.4, 0.5) is 0 Å². The zero-order valence-corrected chi connectivity index (χ0v) is 12.7. The highest BCUT2D eigenvalue weighted by atomic mass is 32.1. The molecule has 0 radical (unpaired) electrons. The van der Waals surface area contributed by atoms with E-state index >= 15 is 0 Å². The second kappa shape index (κ2) is 7.02. The first-order valence-electron chi connectivity index (χ1n) is 7.42. The van der Waals surface area contributed by atoms with E-state index in [1.807, 2.05) is 0 Å². The lowest BCUT2D eigenvalue weighted by atomic mass is 9.80. The number of unbranched alkanes of at least 4 members (excludes halogenated alkanes) is 1. The van der Waals surface area contributed by atoms with E-state index in [9.17, 15) is 9.90 Å². The number of carbonyl (C=O) groups is 1. The van der Waals surface area contributed by atoms with Crippen LogP contribution < -0.4 is 9.91 Å². The Morgan fingerprint density at radius 2 is 2.15 bits per heavy atom. The molecule has 1 heterocycles. The van der Waals surface area contributed by atoms with Crippen LogP contribution in [0, 0.1) is 11.3 Å². The molecule has 6 heteroatoms. The fraction of sp³-hybridized carbons (Fsp3) is 0.786. The van der Waals surface area contributed by atoms with Gasteiger partial charge >= 0.3 is 0 Å². The lowest BCUT2D eigenvalue weighted by molar-refractivity contribution is -0.306. The van der Waals surface area contributed by atoms with Crippen molar-refractivity contribution in [2.45, 2.75) is 64.3 Å². The molecule has 20 heavy (non-hydrogen) atoms. The van der Waals surface area contributed by atoms with E-state index in [0.29, 0.717) is 5.92 Å². The Morgan fingerprint density at radius 1 is 1.45 bits per heavy atom. The first kappa shape index (κ1) is 15.2. The van der Waals surface area contributed by atoms with Crippen LogP contribution in [0.3, 0.4) is 0 Å². The number of carbonyl (C=O) groups excluding carboxylic acids is 1. The summed E-state index contributed by atoms with van der Waals surface area (Å²) in [6, 6.07) is 0. The third-order valence-corrected chi connectivity index (χ3v) is 5.12. The van der Waals surface area contributed by atoms with Gasteiger partial charge in [-0.2, -0.15) is 5.10 Å². The van der Waals surface area contributed by atoms with Crippen LogP contribution in [0.2, 0.25) is 0 Å². The molecule has 0 aliphatic heterocycles. The molecule has 0 amide bonds. The Morgan fingerprint density at radius 3 is 2.75 bits per heavy atom. The fourth-order valence-electron chi connectivity index (χ4n) is 2.92. The Labute approximate surface area is 123 Å². The topological polar surface area (TPSA) is 81.8 Å². The number of aromatic nitrogens is 2. The Hall–Kier alpha value is -1.17. The molecule has 1 saturated carbocycles. The highest BCUT2D eigenvalue weighted by molar-refractivity contribution is 7.08. The monoisotopic (exact) mass is 296 g/mol. The van der Waals surface area contributed by atoms with Gasteiger partial charge in [0.2, 0.25) is 4.80 Å². The van der Waals surface area contributed by atoms with E-state index < -0.39 is 5.97 Å². The zero-order valence-electron chi connectivity index (χ0n) is 11.9. The average molecular weight is 296 g/mol. The molecule has 0 bridgehead atoms. The summed E-state index contributed by atoms with van der Waals surface area (Å²) in [5, 5.41) is 23.6. The molecule has 1 aliphatic carbocycles. The minimum Gasteiger partial charge on any atom is -0.548 e. The molecule has 0 saturated heterocycles. The fourth-order valence-corrected chi connectivity index (χ4v) is 3.87. The van der Waals surface area contributed by atoms with Crippen molar-refractivity contribution < 1.29 is 9.90 Å². The van der Waals surface area contributed by atoms with Crippen molar-refractivity contribution in [3.63, 3.8) is 0 Å². The second-order valence-electron chi connectivity index (χ2n) is 5.63. The summed E-state index contributed by atoms with van der Waals surface area (Å²) >= 11 is 1.31.